The predicted molar refractivity (Wildman–Crippen MR) is 76.4 cm³/mol. The molecule has 0 atom stereocenters. The number of hydrogen-bond acceptors (Lipinski definition) is 5. The van der Waals surface area contributed by atoms with Crippen molar-refractivity contribution in [3.8, 4) is 21.8 Å². The third-order valence-electron chi connectivity index (χ3n) is 2.84. The molecule has 2 aromatic heterocycles. The average Bonchev–Trinajstić information content (AvgIpc) is 3.07. The summed E-state index contributed by atoms with van der Waals surface area (Å²) in [5, 5.41) is 17.7. The zero-order chi connectivity index (χ0) is 14.1. The van der Waals surface area contributed by atoms with Crippen molar-refractivity contribution in [2.45, 2.75) is 0 Å². The molecule has 100 valence electrons. The van der Waals surface area contributed by atoms with E-state index in [4.69, 9.17) is 0 Å². The Bertz CT molecular complexity index is 778. The highest BCUT2D eigenvalue weighted by molar-refractivity contribution is 7.13. The molecule has 3 rings (SSSR count). The van der Waals surface area contributed by atoms with Crippen molar-refractivity contribution in [3.63, 3.8) is 0 Å². The maximum atomic E-state index is 11.0. The van der Waals surface area contributed by atoms with Crippen LogP contribution < -0.4 is 0 Å². The van der Waals surface area contributed by atoms with Gasteiger partial charge in [-0.05, 0) is 6.07 Å². The Hall–Kier alpha value is -2.54. The molecule has 0 aliphatic carbocycles. The number of para-hydroxylation sites is 1. The molecular weight excluding hydrogens is 276 g/mol. The predicted octanol–water partition coefficient (Wildman–Crippen LogP) is 3.12. The van der Waals surface area contributed by atoms with E-state index in [0.29, 0.717) is 10.6 Å². The second-order valence-electron chi connectivity index (χ2n) is 4.21. The molecule has 0 unspecified atom stereocenters. The lowest BCUT2D eigenvalue weighted by Crippen LogP contribution is -1.91. The first-order valence-corrected chi connectivity index (χ1v) is 6.71. The van der Waals surface area contributed by atoms with Gasteiger partial charge in [0, 0.05) is 30.3 Å². The first-order chi connectivity index (χ1) is 9.65. The summed E-state index contributed by atoms with van der Waals surface area (Å²) in [6.45, 7) is 0. The second kappa shape index (κ2) is 4.86. The van der Waals surface area contributed by atoms with Crippen LogP contribution in [0.2, 0.25) is 0 Å². The minimum atomic E-state index is -0.388. The Kier molecular flexibility index (Phi) is 3.03. The molecule has 7 heteroatoms. The summed E-state index contributed by atoms with van der Waals surface area (Å²) in [5.74, 6) is 0. The van der Waals surface area contributed by atoms with Gasteiger partial charge in [-0.2, -0.15) is 5.10 Å². The van der Waals surface area contributed by atoms with Crippen molar-refractivity contribution in [2.75, 3.05) is 0 Å². The monoisotopic (exact) mass is 286 g/mol. The van der Waals surface area contributed by atoms with Crippen LogP contribution >= 0.6 is 11.3 Å². The Morgan fingerprint density at radius 3 is 2.85 bits per heavy atom. The van der Waals surface area contributed by atoms with Crippen LogP contribution in [0.4, 0.5) is 5.69 Å². The maximum Gasteiger partial charge on any atom is 0.279 e. The van der Waals surface area contributed by atoms with E-state index in [1.807, 2.05) is 18.6 Å². The molecule has 0 bridgehead atoms. The zero-order valence-electron chi connectivity index (χ0n) is 10.6. The van der Waals surface area contributed by atoms with Crippen molar-refractivity contribution in [1.82, 2.24) is 14.8 Å². The summed E-state index contributed by atoms with van der Waals surface area (Å²) in [4.78, 5) is 15.1. The molecule has 0 saturated carbocycles. The Labute approximate surface area is 118 Å². The lowest BCUT2D eigenvalue weighted by atomic mass is 10.2. The van der Waals surface area contributed by atoms with Crippen LogP contribution in [0.5, 0.6) is 0 Å². The minimum absolute atomic E-state index is 0.0691. The number of nitro benzene ring substituents is 1. The number of aromatic nitrogens is 3. The molecule has 3 aromatic rings. The van der Waals surface area contributed by atoms with E-state index < -0.39 is 0 Å². The van der Waals surface area contributed by atoms with Gasteiger partial charge in [0.15, 0.2) is 0 Å². The van der Waals surface area contributed by atoms with Crippen molar-refractivity contribution >= 4 is 17.0 Å². The van der Waals surface area contributed by atoms with E-state index in [9.17, 15) is 10.1 Å². The normalized spacial score (nSPS) is 10.7. The topological polar surface area (TPSA) is 73.8 Å². The summed E-state index contributed by atoms with van der Waals surface area (Å²) in [6, 6.07) is 6.62. The maximum absolute atomic E-state index is 11.0. The number of thiazole rings is 1. The fourth-order valence-corrected chi connectivity index (χ4v) is 2.76. The summed E-state index contributed by atoms with van der Waals surface area (Å²) < 4.78 is 1.69. The summed E-state index contributed by atoms with van der Waals surface area (Å²) >= 11 is 1.39. The highest BCUT2D eigenvalue weighted by atomic mass is 32.1. The number of nitro groups is 1. The lowest BCUT2D eigenvalue weighted by molar-refractivity contribution is -0.384. The van der Waals surface area contributed by atoms with Gasteiger partial charge in [0.2, 0.25) is 0 Å². The molecular formula is C13H10N4O2S. The molecule has 0 spiro atoms. The van der Waals surface area contributed by atoms with Crippen molar-refractivity contribution in [2.24, 2.45) is 7.05 Å². The van der Waals surface area contributed by atoms with Gasteiger partial charge in [0.1, 0.15) is 5.01 Å². The molecule has 0 aliphatic rings. The van der Waals surface area contributed by atoms with E-state index in [-0.39, 0.29) is 10.6 Å². The molecule has 0 aliphatic heterocycles. The van der Waals surface area contributed by atoms with E-state index in [1.165, 1.54) is 17.4 Å². The van der Waals surface area contributed by atoms with Crippen molar-refractivity contribution in [3.05, 3.63) is 52.2 Å². The SMILES string of the molecule is Cn1cc(-c2csc(-c3ccccc3[N+](=O)[O-])n2)cn1. The van der Waals surface area contributed by atoms with Gasteiger partial charge in [-0.15, -0.1) is 11.3 Å². The Morgan fingerprint density at radius 1 is 1.35 bits per heavy atom. The zero-order valence-corrected chi connectivity index (χ0v) is 11.4. The van der Waals surface area contributed by atoms with E-state index in [0.717, 1.165) is 11.3 Å². The van der Waals surface area contributed by atoms with Crippen LogP contribution in [0.15, 0.2) is 42.0 Å². The molecule has 0 fully saturated rings. The summed E-state index contributed by atoms with van der Waals surface area (Å²) in [5.41, 5.74) is 2.28. The molecule has 2 heterocycles. The van der Waals surface area contributed by atoms with Crippen molar-refractivity contribution in [1.29, 1.82) is 0 Å². The van der Waals surface area contributed by atoms with Crippen LogP contribution in [-0.2, 0) is 7.05 Å². The van der Waals surface area contributed by atoms with Gasteiger partial charge < -0.3 is 0 Å². The van der Waals surface area contributed by atoms with Gasteiger partial charge in [-0.1, -0.05) is 12.1 Å². The second-order valence-corrected chi connectivity index (χ2v) is 5.07. The third kappa shape index (κ3) is 2.19. The fourth-order valence-electron chi connectivity index (χ4n) is 1.90. The van der Waals surface area contributed by atoms with Crippen LogP contribution in [0.3, 0.4) is 0 Å². The lowest BCUT2D eigenvalue weighted by Gasteiger charge is -1.98. The van der Waals surface area contributed by atoms with Gasteiger partial charge in [-0.3, -0.25) is 14.8 Å². The number of aryl methyl sites for hydroxylation is 1. The van der Waals surface area contributed by atoms with Gasteiger partial charge >= 0.3 is 0 Å². The molecule has 1 aromatic carbocycles. The standard InChI is InChI=1S/C13H10N4O2S/c1-16-7-9(6-14-16)11-8-20-13(15-11)10-4-2-3-5-12(10)17(18)19/h2-8H,1H3. The fraction of sp³-hybridized carbons (Fsp3) is 0.0769. The molecule has 0 N–H and O–H groups in total. The number of nitrogens with zero attached hydrogens (tertiary/aromatic N) is 4. The first-order valence-electron chi connectivity index (χ1n) is 5.83. The van der Waals surface area contributed by atoms with E-state index >= 15 is 0 Å². The number of rotatable bonds is 3. The highest BCUT2D eigenvalue weighted by Crippen LogP contribution is 2.34. The molecule has 0 amide bonds. The Morgan fingerprint density at radius 2 is 2.15 bits per heavy atom. The summed E-state index contributed by atoms with van der Waals surface area (Å²) in [6.07, 6.45) is 3.58. The highest BCUT2D eigenvalue weighted by Gasteiger charge is 2.17. The van der Waals surface area contributed by atoms with Crippen LogP contribution in [0.1, 0.15) is 0 Å². The first kappa shape index (κ1) is 12.5. The average molecular weight is 286 g/mol. The smallest absolute Gasteiger partial charge is 0.275 e. The van der Waals surface area contributed by atoms with Gasteiger partial charge in [0.25, 0.3) is 5.69 Å². The van der Waals surface area contributed by atoms with Crippen LogP contribution in [0, 0.1) is 10.1 Å². The minimum Gasteiger partial charge on any atom is -0.275 e. The molecule has 0 radical (unpaired) electrons. The largest absolute Gasteiger partial charge is 0.279 e. The Balaban J connectivity index is 2.05. The molecule has 20 heavy (non-hydrogen) atoms. The van der Waals surface area contributed by atoms with E-state index in [2.05, 4.69) is 10.1 Å². The van der Waals surface area contributed by atoms with Gasteiger partial charge in [-0.25, -0.2) is 4.98 Å². The van der Waals surface area contributed by atoms with Gasteiger partial charge in [0.05, 0.1) is 22.4 Å². The number of benzene rings is 1. The molecule has 0 saturated heterocycles. The molecule has 6 nitrogen and oxygen atoms in total. The van der Waals surface area contributed by atoms with Crippen molar-refractivity contribution < 1.29 is 4.92 Å². The quantitative estimate of drug-likeness (QED) is 0.547. The third-order valence-corrected chi connectivity index (χ3v) is 3.71. The summed E-state index contributed by atoms with van der Waals surface area (Å²) in [7, 11) is 1.83. The van der Waals surface area contributed by atoms with Crippen LogP contribution in [0.25, 0.3) is 21.8 Å². The van der Waals surface area contributed by atoms with E-state index in [1.54, 1.807) is 29.1 Å². The van der Waals surface area contributed by atoms with Crippen LogP contribution in [-0.4, -0.2) is 19.7 Å². The number of hydrogen-bond donors (Lipinski definition) is 0.